The zero-order chi connectivity index (χ0) is 20.8. The summed E-state index contributed by atoms with van der Waals surface area (Å²) in [5.74, 6) is 6.44. The van der Waals surface area contributed by atoms with Crippen LogP contribution in [0.5, 0.6) is 0 Å². The molecule has 144 valence electrons. The smallest absolute Gasteiger partial charge is 0.151 e. The Kier molecular flexibility index (Phi) is 5.40. The molecule has 4 rings (SSSR count). The van der Waals surface area contributed by atoms with Crippen molar-refractivity contribution in [3.63, 3.8) is 0 Å². The number of rotatable bonds is 4. The highest BCUT2D eigenvalue weighted by molar-refractivity contribution is 5.99. The number of aromatic nitrogens is 2. The van der Waals surface area contributed by atoms with Gasteiger partial charge >= 0.3 is 0 Å². The van der Waals surface area contributed by atoms with Crippen LogP contribution >= 0.6 is 0 Å². The Morgan fingerprint density at radius 3 is 2.70 bits per heavy atom. The van der Waals surface area contributed by atoms with Crippen LogP contribution in [0.3, 0.4) is 0 Å². The van der Waals surface area contributed by atoms with E-state index in [2.05, 4.69) is 49.3 Å². The number of imidazole rings is 1. The second kappa shape index (κ2) is 8.63. The van der Waals surface area contributed by atoms with Crippen LogP contribution in [0, 0.1) is 17.3 Å². The van der Waals surface area contributed by atoms with Crippen LogP contribution in [0.25, 0.3) is 11.0 Å². The summed E-state index contributed by atoms with van der Waals surface area (Å²) in [7, 11) is 0. The fourth-order valence-electron chi connectivity index (χ4n) is 2.75. The summed E-state index contributed by atoms with van der Waals surface area (Å²) in [4.78, 5) is 10.9. The Balaban J connectivity index is 1.49. The SMILES string of the molecule is C=NC(=N)c1ccc(NN=Nc2ccccc2C#Cc2ccc3nc[nH]c3c2)cc1. The highest BCUT2D eigenvalue weighted by Gasteiger charge is 2.00. The number of amidine groups is 1. The van der Waals surface area contributed by atoms with Gasteiger partial charge in [0.15, 0.2) is 5.84 Å². The van der Waals surface area contributed by atoms with Crippen molar-refractivity contribution < 1.29 is 0 Å². The summed E-state index contributed by atoms with van der Waals surface area (Å²) in [6.07, 6.45) is 1.67. The molecule has 0 saturated carbocycles. The molecule has 7 nitrogen and oxygen atoms in total. The fourth-order valence-corrected chi connectivity index (χ4v) is 2.75. The Bertz CT molecular complexity index is 1300. The molecule has 0 saturated heterocycles. The summed E-state index contributed by atoms with van der Waals surface area (Å²) in [6.45, 7) is 3.36. The van der Waals surface area contributed by atoms with Crippen LogP contribution in [-0.4, -0.2) is 22.5 Å². The van der Waals surface area contributed by atoms with Crippen molar-refractivity contribution in [1.82, 2.24) is 9.97 Å². The molecular formula is C23H17N7. The lowest BCUT2D eigenvalue weighted by atomic mass is 10.1. The minimum atomic E-state index is 0.127. The molecule has 30 heavy (non-hydrogen) atoms. The van der Waals surface area contributed by atoms with E-state index >= 15 is 0 Å². The number of aromatic amines is 1. The second-order valence-electron chi connectivity index (χ2n) is 6.30. The molecule has 0 unspecified atom stereocenters. The molecule has 0 aliphatic carbocycles. The number of H-pyrrole nitrogens is 1. The van der Waals surface area contributed by atoms with Crippen molar-refractivity contribution in [2.75, 3.05) is 5.43 Å². The highest BCUT2D eigenvalue weighted by Crippen LogP contribution is 2.19. The summed E-state index contributed by atoms with van der Waals surface area (Å²) >= 11 is 0. The largest absolute Gasteiger partial charge is 0.345 e. The molecule has 1 aromatic heterocycles. The lowest BCUT2D eigenvalue weighted by Gasteiger charge is -2.02. The Morgan fingerprint density at radius 2 is 1.87 bits per heavy atom. The quantitative estimate of drug-likeness (QED) is 0.148. The zero-order valence-corrected chi connectivity index (χ0v) is 15.9. The maximum atomic E-state index is 7.65. The third-order valence-electron chi connectivity index (χ3n) is 4.32. The zero-order valence-electron chi connectivity index (χ0n) is 15.9. The molecule has 0 fully saturated rings. The van der Waals surface area contributed by atoms with E-state index in [0.717, 1.165) is 27.8 Å². The number of fused-ring (bicyclic) bond motifs is 1. The van der Waals surface area contributed by atoms with Gasteiger partial charge in [-0.25, -0.2) is 9.98 Å². The topological polar surface area (TPSA) is 102 Å². The molecule has 7 heteroatoms. The monoisotopic (exact) mass is 391 g/mol. The number of anilines is 1. The van der Waals surface area contributed by atoms with Crippen LogP contribution < -0.4 is 5.43 Å². The van der Waals surface area contributed by atoms with Gasteiger partial charge in [-0.1, -0.05) is 29.2 Å². The third-order valence-corrected chi connectivity index (χ3v) is 4.32. The van der Waals surface area contributed by atoms with Gasteiger partial charge in [0.2, 0.25) is 0 Å². The summed E-state index contributed by atoms with van der Waals surface area (Å²) in [6, 6.07) is 20.5. The van der Waals surface area contributed by atoms with Gasteiger partial charge < -0.3 is 4.98 Å². The maximum absolute atomic E-state index is 7.65. The first-order chi connectivity index (χ1) is 14.7. The molecule has 0 bridgehead atoms. The molecular weight excluding hydrogens is 374 g/mol. The number of aliphatic imine (C=N–C) groups is 1. The van der Waals surface area contributed by atoms with E-state index in [4.69, 9.17) is 5.41 Å². The molecule has 0 spiro atoms. The molecule has 1 heterocycles. The number of hydrogen-bond donors (Lipinski definition) is 3. The first kappa shape index (κ1) is 18.8. The molecule has 0 radical (unpaired) electrons. The second-order valence-corrected chi connectivity index (χ2v) is 6.30. The maximum Gasteiger partial charge on any atom is 0.151 e. The van der Waals surface area contributed by atoms with Crippen molar-refractivity contribution in [3.05, 3.63) is 89.7 Å². The minimum absolute atomic E-state index is 0.127. The van der Waals surface area contributed by atoms with Gasteiger partial charge in [-0.05, 0) is 61.3 Å². The normalized spacial score (nSPS) is 10.5. The Labute approximate surface area is 173 Å². The van der Waals surface area contributed by atoms with Crippen molar-refractivity contribution in [3.8, 4) is 11.8 Å². The average Bonchev–Trinajstić information content (AvgIpc) is 3.26. The van der Waals surface area contributed by atoms with Crippen LogP contribution in [0.4, 0.5) is 11.4 Å². The van der Waals surface area contributed by atoms with Gasteiger partial charge in [0.25, 0.3) is 0 Å². The first-order valence-electron chi connectivity index (χ1n) is 9.09. The predicted octanol–water partition coefficient (Wildman–Crippen LogP) is 5.10. The van der Waals surface area contributed by atoms with E-state index in [-0.39, 0.29) is 5.84 Å². The van der Waals surface area contributed by atoms with Gasteiger partial charge in [-0.3, -0.25) is 10.8 Å². The molecule has 0 aliphatic rings. The Morgan fingerprint density at radius 1 is 1.03 bits per heavy atom. The fraction of sp³-hybridized carbons (Fsp3) is 0. The van der Waals surface area contributed by atoms with Gasteiger partial charge in [-0.2, -0.15) is 0 Å². The van der Waals surface area contributed by atoms with E-state index < -0.39 is 0 Å². The van der Waals surface area contributed by atoms with Crippen molar-refractivity contribution in [2.24, 2.45) is 15.3 Å². The van der Waals surface area contributed by atoms with Crippen LogP contribution in [0.1, 0.15) is 16.7 Å². The van der Waals surface area contributed by atoms with Crippen LogP contribution in [-0.2, 0) is 0 Å². The van der Waals surface area contributed by atoms with E-state index in [9.17, 15) is 0 Å². The van der Waals surface area contributed by atoms with E-state index in [1.807, 2.05) is 42.5 Å². The van der Waals surface area contributed by atoms with Gasteiger partial charge in [0, 0.05) is 11.1 Å². The highest BCUT2D eigenvalue weighted by atomic mass is 15.4. The van der Waals surface area contributed by atoms with E-state index in [1.54, 1.807) is 30.6 Å². The van der Waals surface area contributed by atoms with Crippen molar-refractivity contribution in [1.29, 1.82) is 5.41 Å². The third kappa shape index (κ3) is 4.29. The molecule has 0 atom stereocenters. The van der Waals surface area contributed by atoms with Crippen LogP contribution in [0.2, 0.25) is 0 Å². The van der Waals surface area contributed by atoms with Gasteiger partial charge in [0.05, 0.1) is 28.6 Å². The molecule has 4 aromatic rings. The minimum Gasteiger partial charge on any atom is -0.345 e. The van der Waals surface area contributed by atoms with Crippen molar-refractivity contribution >= 4 is 35.0 Å². The van der Waals surface area contributed by atoms with Crippen LogP contribution in [0.15, 0.2) is 88.4 Å². The molecule has 0 amide bonds. The van der Waals surface area contributed by atoms with Gasteiger partial charge in [0.1, 0.15) is 5.69 Å². The number of nitrogens with one attached hydrogen (secondary N) is 3. The summed E-state index contributed by atoms with van der Waals surface area (Å²) in [5, 5.41) is 16.0. The lowest BCUT2D eigenvalue weighted by Crippen LogP contribution is -1.94. The van der Waals surface area contributed by atoms with E-state index in [0.29, 0.717) is 11.3 Å². The Hall–Kier alpha value is -4.57. The summed E-state index contributed by atoms with van der Waals surface area (Å²) in [5.41, 5.74) is 8.48. The number of nitrogens with zero attached hydrogens (tertiary/aromatic N) is 4. The average molecular weight is 391 g/mol. The molecule has 3 N–H and O–H groups in total. The van der Waals surface area contributed by atoms with Crippen molar-refractivity contribution in [2.45, 2.75) is 0 Å². The first-order valence-corrected chi connectivity index (χ1v) is 9.09. The number of benzene rings is 3. The van der Waals surface area contributed by atoms with Gasteiger partial charge in [-0.15, -0.1) is 5.11 Å². The lowest BCUT2D eigenvalue weighted by molar-refractivity contribution is 1.13. The van der Waals surface area contributed by atoms with E-state index in [1.165, 1.54) is 0 Å². The number of hydrogen-bond acceptors (Lipinski definition) is 4. The molecule has 0 aliphatic heterocycles. The standard InChI is InChI=1S/C23H17N7/c1-25-23(24)18-9-11-19(12-10-18)28-30-29-20-5-3-2-4-17(20)8-6-16-7-13-21-22(14-16)27-15-26-21/h2-5,7,9-15,24H,1H2,(H,26,27)(H,28,29). The summed E-state index contributed by atoms with van der Waals surface area (Å²) < 4.78 is 0. The molecule has 3 aromatic carbocycles. The predicted molar refractivity (Wildman–Crippen MR) is 119 cm³/mol.